The number of nitrogens with one attached hydrogen (secondary N) is 1. The van der Waals surface area contributed by atoms with Gasteiger partial charge >= 0.3 is 0 Å². The number of carbonyl (C=O) groups is 1. The summed E-state index contributed by atoms with van der Waals surface area (Å²) in [5.74, 6) is -0.615. The number of aromatic hydroxyl groups is 1. The van der Waals surface area contributed by atoms with E-state index in [-0.39, 0.29) is 11.3 Å². The first-order chi connectivity index (χ1) is 15.0. The molecular formula is C24H18BrN3O2S. The molecule has 5 nitrogen and oxygen atoms in total. The van der Waals surface area contributed by atoms with Crippen LogP contribution in [-0.4, -0.2) is 22.2 Å². The van der Waals surface area contributed by atoms with Gasteiger partial charge in [-0.2, -0.15) is 5.10 Å². The predicted molar refractivity (Wildman–Crippen MR) is 128 cm³/mol. The Hall–Kier alpha value is -3.16. The summed E-state index contributed by atoms with van der Waals surface area (Å²) in [7, 11) is 0. The van der Waals surface area contributed by atoms with Crippen LogP contribution in [0.5, 0.6) is 5.75 Å². The van der Waals surface area contributed by atoms with E-state index in [1.165, 1.54) is 29.5 Å². The number of aromatic nitrogens is 1. The summed E-state index contributed by atoms with van der Waals surface area (Å²) in [6.07, 6.45) is 1.57. The maximum Gasteiger partial charge on any atom is 0.275 e. The summed E-state index contributed by atoms with van der Waals surface area (Å²) in [5, 5.41) is 15.8. The van der Waals surface area contributed by atoms with Crippen LogP contribution >= 0.6 is 27.7 Å². The molecule has 0 aliphatic rings. The van der Waals surface area contributed by atoms with Crippen LogP contribution in [0.25, 0.3) is 10.9 Å². The molecule has 0 radical (unpaired) electrons. The molecule has 154 valence electrons. The maximum absolute atomic E-state index is 12.4. The van der Waals surface area contributed by atoms with Crippen molar-refractivity contribution >= 4 is 50.7 Å². The largest absolute Gasteiger partial charge is 0.507 e. The van der Waals surface area contributed by atoms with E-state index < -0.39 is 5.91 Å². The van der Waals surface area contributed by atoms with Crippen molar-refractivity contribution in [2.24, 2.45) is 5.10 Å². The second kappa shape index (κ2) is 9.32. The van der Waals surface area contributed by atoms with Gasteiger partial charge in [0.1, 0.15) is 10.8 Å². The summed E-state index contributed by atoms with van der Waals surface area (Å²) in [4.78, 5) is 18.3. The van der Waals surface area contributed by atoms with E-state index in [9.17, 15) is 9.90 Å². The highest BCUT2D eigenvalue weighted by Crippen LogP contribution is 2.30. The lowest BCUT2D eigenvalue weighted by atomic mass is 10.2. The van der Waals surface area contributed by atoms with E-state index in [1.807, 2.05) is 37.3 Å². The number of hydrogen-bond donors (Lipinski definition) is 2. The molecule has 0 saturated carbocycles. The number of para-hydroxylation sites is 1. The molecule has 3 aromatic carbocycles. The van der Waals surface area contributed by atoms with Gasteiger partial charge in [0, 0.05) is 20.3 Å². The van der Waals surface area contributed by atoms with Gasteiger partial charge in [-0.1, -0.05) is 63.6 Å². The Morgan fingerprint density at radius 2 is 1.87 bits per heavy atom. The van der Waals surface area contributed by atoms with Crippen molar-refractivity contribution in [2.75, 3.05) is 0 Å². The fourth-order valence-electron chi connectivity index (χ4n) is 2.92. The number of phenolic OH excluding ortho intramolecular Hbond substituents is 1. The van der Waals surface area contributed by atoms with Gasteiger partial charge in [-0.3, -0.25) is 4.79 Å². The lowest BCUT2D eigenvalue weighted by molar-refractivity contribution is 0.0952. The van der Waals surface area contributed by atoms with Crippen LogP contribution in [0.2, 0.25) is 0 Å². The molecule has 1 aromatic heterocycles. The molecule has 0 aliphatic carbocycles. The highest BCUT2D eigenvalue weighted by Gasteiger charge is 2.11. The molecule has 1 heterocycles. The SMILES string of the molecule is Cc1ccc(Sc2nc3ccccc3cc2/C=N/NC(=O)c2cc(Br)ccc2O)cc1. The van der Waals surface area contributed by atoms with E-state index in [0.717, 1.165) is 26.4 Å². The van der Waals surface area contributed by atoms with Crippen molar-refractivity contribution in [3.8, 4) is 5.75 Å². The number of benzene rings is 3. The number of halogens is 1. The molecule has 1 amide bonds. The highest BCUT2D eigenvalue weighted by molar-refractivity contribution is 9.10. The number of fused-ring (bicyclic) bond motifs is 1. The Morgan fingerprint density at radius 3 is 2.68 bits per heavy atom. The molecular weight excluding hydrogens is 474 g/mol. The van der Waals surface area contributed by atoms with Crippen molar-refractivity contribution in [3.63, 3.8) is 0 Å². The van der Waals surface area contributed by atoms with Crippen molar-refractivity contribution < 1.29 is 9.90 Å². The average Bonchev–Trinajstić information content (AvgIpc) is 2.77. The summed E-state index contributed by atoms with van der Waals surface area (Å²) >= 11 is 4.83. The maximum atomic E-state index is 12.4. The van der Waals surface area contributed by atoms with Gasteiger partial charge in [0.25, 0.3) is 5.91 Å². The van der Waals surface area contributed by atoms with Crippen LogP contribution in [-0.2, 0) is 0 Å². The Kier molecular flexibility index (Phi) is 6.34. The van der Waals surface area contributed by atoms with Gasteiger partial charge in [0.05, 0.1) is 17.3 Å². The molecule has 0 atom stereocenters. The van der Waals surface area contributed by atoms with Crippen molar-refractivity contribution in [2.45, 2.75) is 16.8 Å². The zero-order valence-corrected chi connectivity index (χ0v) is 18.9. The molecule has 0 spiro atoms. The molecule has 31 heavy (non-hydrogen) atoms. The highest BCUT2D eigenvalue weighted by atomic mass is 79.9. The van der Waals surface area contributed by atoms with Gasteiger partial charge in [-0.05, 0) is 49.4 Å². The third kappa shape index (κ3) is 5.13. The Labute approximate surface area is 192 Å². The second-order valence-corrected chi connectivity index (χ2v) is 8.83. The van der Waals surface area contributed by atoms with Crippen LogP contribution in [0.4, 0.5) is 0 Å². The zero-order chi connectivity index (χ0) is 21.8. The first kappa shape index (κ1) is 21.1. The molecule has 4 rings (SSSR count). The van der Waals surface area contributed by atoms with Crippen molar-refractivity contribution in [1.82, 2.24) is 10.4 Å². The van der Waals surface area contributed by atoms with Crippen LogP contribution in [0.3, 0.4) is 0 Å². The third-order valence-corrected chi connectivity index (χ3v) is 6.05. The summed E-state index contributed by atoms with van der Waals surface area (Å²) in [6.45, 7) is 2.05. The Bertz CT molecular complexity index is 1290. The molecule has 0 fully saturated rings. The lowest BCUT2D eigenvalue weighted by Gasteiger charge is -2.08. The number of aryl methyl sites for hydroxylation is 1. The number of carbonyl (C=O) groups excluding carboxylic acids is 1. The van der Waals surface area contributed by atoms with Crippen LogP contribution in [0, 0.1) is 6.92 Å². The number of amides is 1. The van der Waals surface area contributed by atoms with E-state index in [0.29, 0.717) is 4.47 Å². The number of rotatable bonds is 5. The molecule has 0 unspecified atom stereocenters. The predicted octanol–water partition coefficient (Wildman–Crippen LogP) is 5.93. The normalized spacial score (nSPS) is 11.2. The van der Waals surface area contributed by atoms with E-state index in [2.05, 4.69) is 50.7 Å². The van der Waals surface area contributed by atoms with Crippen LogP contribution in [0.1, 0.15) is 21.5 Å². The van der Waals surface area contributed by atoms with Crippen LogP contribution in [0.15, 0.2) is 92.3 Å². The molecule has 2 N–H and O–H groups in total. The van der Waals surface area contributed by atoms with Crippen LogP contribution < -0.4 is 5.43 Å². The fourth-order valence-corrected chi connectivity index (χ4v) is 4.15. The van der Waals surface area contributed by atoms with E-state index >= 15 is 0 Å². The average molecular weight is 492 g/mol. The number of nitrogens with zero attached hydrogens (tertiary/aromatic N) is 2. The zero-order valence-electron chi connectivity index (χ0n) is 16.5. The molecule has 0 aliphatic heterocycles. The molecule has 0 bridgehead atoms. The number of hydrazone groups is 1. The third-order valence-electron chi connectivity index (χ3n) is 4.53. The first-order valence-electron chi connectivity index (χ1n) is 9.46. The topological polar surface area (TPSA) is 74.6 Å². The minimum absolute atomic E-state index is 0.112. The van der Waals surface area contributed by atoms with E-state index in [4.69, 9.17) is 4.98 Å². The first-order valence-corrected chi connectivity index (χ1v) is 11.1. The lowest BCUT2D eigenvalue weighted by Crippen LogP contribution is -2.17. The van der Waals surface area contributed by atoms with Gasteiger partial charge in [0.2, 0.25) is 0 Å². The smallest absolute Gasteiger partial charge is 0.275 e. The standard InChI is InChI=1S/C24H18BrN3O2S/c1-15-6-9-19(10-7-15)31-24-17(12-16-4-2-3-5-21(16)27-24)14-26-28-23(30)20-13-18(25)8-11-22(20)29/h2-14,29H,1H3,(H,28,30)/b26-14+. The molecule has 4 aromatic rings. The number of pyridine rings is 1. The Morgan fingerprint density at radius 1 is 1.10 bits per heavy atom. The minimum Gasteiger partial charge on any atom is -0.507 e. The van der Waals surface area contributed by atoms with E-state index in [1.54, 1.807) is 12.3 Å². The van der Waals surface area contributed by atoms with Gasteiger partial charge in [-0.25, -0.2) is 10.4 Å². The second-order valence-electron chi connectivity index (χ2n) is 6.85. The number of hydrogen-bond acceptors (Lipinski definition) is 5. The van der Waals surface area contributed by atoms with Gasteiger partial charge < -0.3 is 5.11 Å². The van der Waals surface area contributed by atoms with Gasteiger partial charge in [-0.15, -0.1) is 0 Å². The number of phenols is 1. The molecule has 7 heteroatoms. The summed E-state index contributed by atoms with van der Waals surface area (Å²) in [5.41, 5.74) is 5.47. The van der Waals surface area contributed by atoms with Gasteiger partial charge in [0.15, 0.2) is 0 Å². The fraction of sp³-hybridized carbons (Fsp3) is 0.0417. The Balaban J connectivity index is 1.62. The molecule has 0 saturated heterocycles. The quantitative estimate of drug-likeness (QED) is 0.268. The van der Waals surface area contributed by atoms with Crippen molar-refractivity contribution in [1.29, 1.82) is 0 Å². The summed E-state index contributed by atoms with van der Waals surface area (Å²) < 4.78 is 0.690. The summed E-state index contributed by atoms with van der Waals surface area (Å²) in [6, 6.07) is 22.7. The monoisotopic (exact) mass is 491 g/mol. The van der Waals surface area contributed by atoms with Crippen molar-refractivity contribution in [3.05, 3.63) is 94.0 Å². The minimum atomic E-state index is -0.503.